The molecule has 6 nitrogen and oxygen atoms in total. The maximum Gasteiger partial charge on any atom is 0.428 e. The third-order valence-electron chi connectivity index (χ3n) is 2.34. The number of ether oxygens (including phenoxy) is 2. The first kappa shape index (κ1) is 15.6. The van der Waals surface area contributed by atoms with Crippen LogP contribution in [0.15, 0.2) is 0 Å². The Morgan fingerprint density at radius 2 is 1.33 bits per heavy atom. The van der Waals surface area contributed by atoms with E-state index in [0.717, 1.165) is 0 Å². The highest BCUT2D eigenvalue weighted by atomic mass is 79.9. The summed E-state index contributed by atoms with van der Waals surface area (Å²) in [6.07, 6.45) is -1.09. The maximum atomic E-state index is 11.8. The molecular weight excluding hydrogens is 372 g/mol. The van der Waals surface area contributed by atoms with Gasteiger partial charge in [-0.3, -0.25) is 0 Å². The van der Waals surface area contributed by atoms with E-state index < -0.39 is 12.2 Å². The van der Waals surface area contributed by atoms with Gasteiger partial charge in [-0.15, -0.1) is 0 Å². The van der Waals surface area contributed by atoms with Crippen molar-refractivity contribution in [2.45, 2.75) is 23.5 Å². The molecular formula is C10H16Br2N2O4. The van der Waals surface area contributed by atoms with E-state index in [9.17, 15) is 9.59 Å². The molecule has 2 atom stereocenters. The van der Waals surface area contributed by atoms with E-state index in [1.807, 2.05) is 0 Å². The van der Waals surface area contributed by atoms with Gasteiger partial charge in [0.2, 0.25) is 0 Å². The van der Waals surface area contributed by atoms with Gasteiger partial charge >= 0.3 is 12.2 Å². The van der Waals surface area contributed by atoms with Crippen LogP contribution in [0.1, 0.15) is 13.8 Å². The fraction of sp³-hybridized carbons (Fsp3) is 0.800. The minimum absolute atomic E-state index is 0.0487. The van der Waals surface area contributed by atoms with Crippen molar-refractivity contribution in [3.05, 3.63) is 0 Å². The predicted octanol–water partition coefficient (Wildman–Crippen LogP) is 2.36. The summed E-state index contributed by atoms with van der Waals surface area (Å²) in [7, 11) is 0. The van der Waals surface area contributed by atoms with Crippen LogP contribution < -0.4 is 0 Å². The van der Waals surface area contributed by atoms with Crippen molar-refractivity contribution in [3.8, 4) is 0 Å². The lowest BCUT2D eigenvalue weighted by Gasteiger charge is -2.40. The van der Waals surface area contributed by atoms with Gasteiger partial charge < -0.3 is 9.47 Å². The van der Waals surface area contributed by atoms with Gasteiger partial charge in [-0.05, 0) is 13.8 Å². The molecule has 0 spiro atoms. The molecule has 1 aliphatic heterocycles. The Kier molecular flexibility index (Phi) is 6.20. The minimum Gasteiger partial charge on any atom is -0.448 e. The summed E-state index contributed by atoms with van der Waals surface area (Å²) < 4.78 is 9.85. The quantitative estimate of drug-likeness (QED) is 0.682. The Balaban J connectivity index is 2.80. The third kappa shape index (κ3) is 3.74. The number of halogens is 2. The van der Waals surface area contributed by atoms with Gasteiger partial charge in [0.25, 0.3) is 0 Å². The second kappa shape index (κ2) is 7.18. The Morgan fingerprint density at radius 1 is 1.00 bits per heavy atom. The lowest BCUT2D eigenvalue weighted by Crippen LogP contribution is -2.59. The molecule has 1 rings (SSSR count). The van der Waals surface area contributed by atoms with Crippen LogP contribution >= 0.6 is 31.9 Å². The molecule has 0 aromatic rings. The third-order valence-corrected chi connectivity index (χ3v) is 4.90. The van der Waals surface area contributed by atoms with Gasteiger partial charge in [-0.2, -0.15) is 0 Å². The fourth-order valence-electron chi connectivity index (χ4n) is 1.50. The summed E-state index contributed by atoms with van der Waals surface area (Å²) in [5, 5.41) is 2.53. The molecule has 0 unspecified atom stereocenters. The number of hydrazine groups is 1. The molecule has 0 radical (unpaired) electrons. The average molecular weight is 388 g/mol. The SMILES string of the molecule is CCOC(=O)N1C[C@@H](Br)[C@@H](Br)CN1C(=O)OCC. The molecule has 2 amide bonds. The van der Waals surface area contributed by atoms with Gasteiger partial charge in [-0.25, -0.2) is 19.6 Å². The Hall–Kier alpha value is -0.500. The van der Waals surface area contributed by atoms with E-state index >= 15 is 0 Å². The molecule has 1 saturated heterocycles. The number of alkyl halides is 2. The first-order valence-corrected chi connectivity index (χ1v) is 7.51. The van der Waals surface area contributed by atoms with Crippen LogP contribution in [0.25, 0.3) is 0 Å². The topological polar surface area (TPSA) is 59.1 Å². The Morgan fingerprint density at radius 3 is 1.61 bits per heavy atom. The first-order valence-electron chi connectivity index (χ1n) is 5.67. The van der Waals surface area contributed by atoms with Gasteiger partial charge in [-0.1, -0.05) is 31.9 Å². The van der Waals surface area contributed by atoms with Crippen molar-refractivity contribution in [1.29, 1.82) is 0 Å². The van der Waals surface area contributed by atoms with Crippen LogP contribution in [0.5, 0.6) is 0 Å². The zero-order valence-corrected chi connectivity index (χ0v) is 13.4. The summed E-state index contributed by atoms with van der Waals surface area (Å²) in [6, 6.07) is 0. The van der Waals surface area contributed by atoms with Crippen LogP contribution in [-0.4, -0.2) is 58.2 Å². The van der Waals surface area contributed by atoms with Crippen LogP contribution in [-0.2, 0) is 9.47 Å². The zero-order chi connectivity index (χ0) is 13.7. The first-order chi connectivity index (χ1) is 8.51. The van der Waals surface area contributed by atoms with Crippen LogP contribution in [0, 0.1) is 0 Å². The Labute approximate surface area is 123 Å². The van der Waals surface area contributed by atoms with E-state index in [2.05, 4.69) is 31.9 Å². The van der Waals surface area contributed by atoms with Crippen molar-refractivity contribution in [2.75, 3.05) is 26.3 Å². The Bertz CT molecular complexity index is 286. The molecule has 1 heterocycles. The minimum atomic E-state index is -0.547. The molecule has 18 heavy (non-hydrogen) atoms. The number of hydrogen-bond acceptors (Lipinski definition) is 4. The van der Waals surface area contributed by atoms with Crippen LogP contribution in [0.3, 0.4) is 0 Å². The highest BCUT2D eigenvalue weighted by molar-refractivity contribution is 9.12. The van der Waals surface area contributed by atoms with Crippen molar-refractivity contribution in [2.24, 2.45) is 0 Å². The zero-order valence-electron chi connectivity index (χ0n) is 10.3. The van der Waals surface area contributed by atoms with Gasteiger partial charge in [0, 0.05) is 9.65 Å². The molecule has 8 heteroatoms. The molecule has 1 aliphatic rings. The van der Waals surface area contributed by atoms with Crippen molar-refractivity contribution in [3.63, 3.8) is 0 Å². The number of amides is 2. The lowest BCUT2D eigenvalue weighted by atomic mass is 10.2. The molecule has 0 aromatic carbocycles. The number of rotatable bonds is 2. The molecule has 0 aromatic heterocycles. The predicted molar refractivity (Wildman–Crippen MR) is 72.9 cm³/mol. The maximum absolute atomic E-state index is 11.8. The molecule has 0 N–H and O–H groups in total. The summed E-state index contributed by atoms with van der Waals surface area (Å²) in [5.41, 5.74) is 0. The van der Waals surface area contributed by atoms with E-state index in [0.29, 0.717) is 13.1 Å². The average Bonchev–Trinajstić information content (AvgIpc) is 2.32. The van der Waals surface area contributed by atoms with Crippen LogP contribution in [0.4, 0.5) is 9.59 Å². The van der Waals surface area contributed by atoms with E-state index in [1.165, 1.54) is 10.0 Å². The molecule has 0 saturated carbocycles. The standard InChI is InChI=1S/C10H16Br2N2O4/c1-3-17-9(15)13-5-7(11)8(12)6-14(13)10(16)18-4-2/h7-8H,3-6H2,1-2H3/t7-,8+. The summed E-state index contributed by atoms with van der Waals surface area (Å²) >= 11 is 6.91. The number of carbonyl (C=O) groups excluding carboxylic acids is 2. The van der Waals surface area contributed by atoms with Crippen molar-refractivity contribution < 1.29 is 19.1 Å². The van der Waals surface area contributed by atoms with Gasteiger partial charge in [0.05, 0.1) is 26.3 Å². The lowest BCUT2D eigenvalue weighted by molar-refractivity contribution is -0.0315. The summed E-state index contributed by atoms with van der Waals surface area (Å²) in [4.78, 5) is 23.7. The normalized spacial score (nSPS) is 23.8. The number of nitrogens with zero attached hydrogens (tertiary/aromatic N) is 2. The molecule has 0 aliphatic carbocycles. The molecule has 1 fully saturated rings. The summed E-state index contributed by atoms with van der Waals surface area (Å²) in [6.45, 7) is 4.64. The number of carbonyl (C=O) groups is 2. The molecule has 104 valence electrons. The monoisotopic (exact) mass is 386 g/mol. The second-order valence-electron chi connectivity index (χ2n) is 3.59. The van der Waals surface area contributed by atoms with Crippen LogP contribution in [0.2, 0.25) is 0 Å². The van der Waals surface area contributed by atoms with E-state index in [4.69, 9.17) is 9.47 Å². The second-order valence-corrected chi connectivity index (χ2v) is 5.95. The smallest absolute Gasteiger partial charge is 0.428 e. The summed E-state index contributed by atoms with van der Waals surface area (Å²) in [5.74, 6) is 0. The highest BCUT2D eigenvalue weighted by Crippen LogP contribution is 2.24. The molecule has 0 bridgehead atoms. The fourth-order valence-corrected chi connectivity index (χ4v) is 2.38. The van der Waals surface area contributed by atoms with Crippen molar-refractivity contribution in [1.82, 2.24) is 10.0 Å². The van der Waals surface area contributed by atoms with E-state index in [-0.39, 0.29) is 22.9 Å². The number of hydrogen-bond donors (Lipinski definition) is 0. The van der Waals surface area contributed by atoms with Gasteiger partial charge in [0.1, 0.15) is 0 Å². The van der Waals surface area contributed by atoms with E-state index in [1.54, 1.807) is 13.8 Å². The van der Waals surface area contributed by atoms with Crippen molar-refractivity contribution >= 4 is 44.0 Å². The highest BCUT2D eigenvalue weighted by Gasteiger charge is 2.38. The largest absolute Gasteiger partial charge is 0.448 e. The van der Waals surface area contributed by atoms with Gasteiger partial charge in [0.15, 0.2) is 0 Å².